The minimum Gasteiger partial charge on any atom is -0.449 e. The molecule has 0 N–H and O–H groups in total. The molecule has 13 heteroatoms. The summed E-state index contributed by atoms with van der Waals surface area (Å²) in [6.07, 6.45) is -8.67. The average Bonchev–Trinajstić information content (AvgIpc) is 3.29. The van der Waals surface area contributed by atoms with Crippen LogP contribution >= 0.6 is 7.82 Å². The molecule has 63 heavy (non-hydrogen) atoms. The first-order valence-corrected chi connectivity index (χ1v) is 21.8. The molecule has 0 aromatic heterocycles. The van der Waals surface area contributed by atoms with Gasteiger partial charge in [0.25, 0.3) is 0 Å². The number of rotatable bonds is 16. The molecule has 0 bridgehead atoms. The number of para-hydroxylation sites is 2. The van der Waals surface area contributed by atoms with E-state index in [2.05, 4.69) is 0 Å². The Morgan fingerprint density at radius 1 is 0.571 bits per heavy atom. The highest BCUT2D eigenvalue weighted by atomic mass is 31.2. The Morgan fingerprint density at radius 2 is 1.00 bits per heavy atom. The van der Waals surface area contributed by atoms with Crippen LogP contribution in [0.15, 0.2) is 182 Å². The van der Waals surface area contributed by atoms with Gasteiger partial charge in [0.2, 0.25) is 0 Å². The number of carbonyl (C=O) groups is 2. The first-order valence-electron chi connectivity index (χ1n) is 20.4. The van der Waals surface area contributed by atoms with E-state index in [1.165, 1.54) is 7.11 Å². The smallest absolute Gasteiger partial charge is 0.449 e. The number of ether oxygens (including phenoxy) is 6. The van der Waals surface area contributed by atoms with E-state index < -0.39 is 61.9 Å². The number of benzene rings is 6. The van der Waals surface area contributed by atoms with Gasteiger partial charge in [-0.3, -0.25) is 4.52 Å². The molecule has 6 aromatic carbocycles. The van der Waals surface area contributed by atoms with Crippen molar-refractivity contribution in [2.45, 2.75) is 62.7 Å². The zero-order valence-electron chi connectivity index (χ0n) is 35.3. The molecular weight excluding hydrogens is 824 g/mol. The summed E-state index contributed by atoms with van der Waals surface area (Å²) in [7, 11) is -3.48. The van der Waals surface area contributed by atoms with Gasteiger partial charge in [-0.2, -0.15) is 0 Å². The number of phosphoric acid groups is 1. The molecule has 1 aliphatic rings. The van der Waals surface area contributed by atoms with E-state index in [1.807, 2.05) is 91.0 Å². The third-order valence-corrected chi connectivity index (χ3v) is 11.2. The van der Waals surface area contributed by atoms with Crippen molar-refractivity contribution in [2.75, 3.05) is 13.7 Å². The average molecular weight is 873 g/mol. The molecule has 0 unspecified atom stereocenters. The number of carbonyl (C=O) groups excluding carboxylic acids is 2. The minimum absolute atomic E-state index is 0.143. The van der Waals surface area contributed by atoms with Gasteiger partial charge in [0.05, 0.1) is 12.2 Å². The van der Waals surface area contributed by atoms with E-state index in [4.69, 9.17) is 42.0 Å². The van der Waals surface area contributed by atoms with Crippen LogP contribution in [-0.2, 0) is 43.1 Å². The highest BCUT2D eigenvalue weighted by Crippen LogP contribution is 2.53. The summed E-state index contributed by atoms with van der Waals surface area (Å²) in [5.41, 5.74) is 0.237. The van der Waals surface area contributed by atoms with Gasteiger partial charge in [-0.25, -0.2) is 14.2 Å². The van der Waals surface area contributed by atoms with E-state index in [0.717, 1.165) is 16.7 Å². The maximum Gasteiger partial charge on any atom is 0.588 e. The van der Waals surface area contributed by atoms with Gasteiger partial charge in [-0.1, -0.05) is 146 Å². The molecule has 5 atom stereocenters. The van der Waals surface area contributed by atoms with Crippen molar-refractivity contribution in [1.29, 1.82) is 0 Å². The molecule has 6 aromatic rings. The van der Waals surface area contributed by atoms with Crippen molar-refractivity contribution >= 4 is 19.9 Å². The summed E-state index contributed by atoms with van der Waals surface area (Å²) in [5.74, 6) is -0.508. The first-order chi connectivity index (χ1) is 30.5. The molecule has 326 valence electrons. The summed E-state index contributed by atoms with van der Waals surface area (Å²) in [4.78, 5) is 27.7. The Hall–Kier alpha value is -6.27. The fraction of sp³-hybridized carbons (Fsp3) is 0.240. The predicted octanol–water partition coefficient (Wildman–Crippen LogP) is 10.6. The lowest BCUT2D eigenvalue weighted by molar-refractivity contribution is -0.296. The van der Waals surface area contributed by atoms with Gasteiger partial charge >= 0.3 is 19.9 Å². The molecule has 1 saturated heterocycles. The van der Waals surface area contributed by atoms with Crippen LogP contribution in [0.5, 0.6) is 11.5 Å². The Balaban J connectivity index is 1.38. The van der Waals surface area contributed by atoms with Crippen molar-refractivity contribution < 1.29 is 56.1 Å². The van der Waals surface area contributed by atoms with Gasteiger partial charge in [0.1, 0.15) is 34.9 Å². The lowest BCUT2D eigenvalue weighted by Crippen LogP contribution is -2.62. The number of phosphoric ester groups is 1. The summed E-state index contributed by atoms with van der Waals surface area (Å²) in [5, 5.41) is 0. The van der Waals surface area contributed by atoms with Crippen molar-refractivity contribution in [1.82, 2.24) is 0 Å². The third-order valence-electron chi connectivity index (χ3n) is 9.87. The zero-order valence-corrected chi connectivity index (χ0v) is 36.2. The fourth-order valence-corrected chi connectivity index (χ4v) is 8.58. The lowest BCUT2D eigenvalue weighted by atomic mass is 9.80. The van der Waals surface area contributed by atoms with E-state index in [1.54, 1.807) is 112 Å². The molecule has 0 saturated carbocycles. The van der Waals surface area contributed by atoms with Gasteiger partial charge in [0.15, 0.2) is 18.5 Å². The molecule has 1 heterocycles. The topological polar surface area (TPSA) is 134 Å². The maximum absolute atomic E-state index is 15.3. The molecular formula is C50H49O12P. The summed E-state index contributed by atoms with van der Waals surface area (Å²) >= 11 is 0. The molecule has 1 fully saturated rings. The lowest BCUT2D eigenvalue weighted by Gasteiger charge is -2.45. The number of methoxy groups -OCH3 is 1. The van der Waals surface area contributed by atoms with Crippen LogP contribution in [-0.4, -0.2) is 62.1 Å². The summed E-state index contributed by atoms with van der Waals surface area (Å²) < 4.78 is 71.6. The first kappa shape index (κ1) is 44.8. The summed E-state index contributed by atoms with van der Waals surface area (Å²) in [6, 6.07) is 53.8. The number of hydrogen-bond donors (Lipinski definition) is 0. The molecule has 0 spiro atoms. The second-order valence-corrected chi connectivity index (χ2v) is 16.9. The fourth-order valence-electron chi connectivity index (χ4n) is 7.15. The number of esters is 1. The predicted molar refractivity (Wildman–Crippen MR) is 234 cm³/mol. The molecule has 7 rings (SSSR count). The third kappa shape index (κ3) is 11.2. The largest absolute Gasteiger partial charge is 0.588 e. The Labute approximate surface area is 367 Å². The normalized spacial score (nSPS) is 19.0. The van der Waals surface area contributed by atoms with Gasteiger partial charge in [0, 0.05) is 7.11 Å². The highest BCUT2D eigenvalue weighted by Gasteiger charge is 2.56. The van der Waals surface area contributed by atoms with Crippen LogP contribution in [0.25, 0.3) is 0 Å². The maximum atomic E-state index is 15.3. The van der Waals surface area contributed by atoms with Crippen LogP contribution in [0.1, 0.15) is 47.8 Å². The molecule has 0 amide bonds. The van der Waals surface area contributed by atoms with Crippen LogP contribution < -0.4 is 9.05 Å². The minimum atomic E-state index is -4.83. The van der Waals surface area contributed by atoms with Crippen LogP contribution in [0.2, 0.25) is 0 Å². The van der Waals surface area contributed by atoms with E-state index >= 15 is 4.57 Å². The van der Waals surface area contributed by atoms with Crippen molar-refractivity contribution in [3.8, 4) is 11.5 Å². The van der Waals surface area contributed by atoms with Gasteiger partial charge in [-0.05, 0) is 73.9 Å². The van der Waals surface area contributed by atoms with Crippen molar-refractivity contribution in [3.63, 3.8) is 0 Å². The van der Waals surface area contributed by atoms with E-state index in [9.17, 15) is 9.59 Å². The second-order valence-electron chi connectivity index (χ2n) is 15.5. The standard InChI is InChI=1S/C50H49O12P/c1-49(2,3)59-48(52)58-44-43(62-63(53,60-40-31-19-9-20-32-40)61-41-33-21-10-22-34-41)42(56-47(54-4)45(44)57-46(51)36-23-11-5-12-24-36)35-55-50(37-25-13-6-14-26-37,38-27-15-7-16-28-38)39-29-17-8-18-30-39/h5-34,42-45,47H,35H2,1-4H3/t42-,43-,44+,45-,47+/m1/s1. The second kappa shape index (κ2) is 20.3. The van der Waals surface area contributed by atoms with Gasteiger partial charge in [-0.15, -0.1) is 0 Å². The summed E-state index contributed by atoms with van der Waals surface area (Å²) in [6.45, 7) is 4.67. The highest BCUT2D eigenvalue weighted by molar-refractivity contribution is 7.49. The Kier molecular flexibility index (Phi) is 14.4. The number of hydrogen-bond acceptors (Lipinski definition) is 12. The van der Waals surface area contributed by atoms with E-state index in [-0.39, 0.29) is 23.7 Å². The van der Waals surface area contributed by atoms with Gasteiger partial charge < -0.3 is 37.5 Å². The Morgan fingerprint density at radius 3 is 1.43 bits per heavy atom. The molecule has 1 aliphatic heterocycles. The SMILES string of the molecule is CO[C@H]1O[C@H](COC(c2ccccc2)(c2ccccc2)c2ccccc2)[C@@H](OP(=O)(Oc2ccccc2)Oc2ccccc2)[C@H](OC(=O)OC(C)(C)C)[C@H]1OC(=O)c1ccccc1. The quantitative estimate of drug-likeness (QED) is 0.0520. The Bertz CT molecular complexity index is 2260. The molecule has 0 radical (unpaired) electrons. The van der Waals surface area contributed by atoms with E-state index in [0.29, 0.717) is 0 Å². The van der Waals surface area contributed by atoms with Crippen LogP contribution in [0, 0.1) is 0 Å². The van der Waals surface area contributed by atoms with Crippen LogP contribution in [0.3, 0.4) is 0 Å². The van der Waals surface area contributed by atoms with Crippen molar-refractivity contribution in [2.24, 2.45) is 0 Å². The molecule has 12 nitrogen and oxygen atoms in total. The monoisotopic (exact) mass is 872 g/mol. The molecule has 0 aliphatic carbocycles. The van der Waals surface area contributed by atoms with Crippen LogP contribution in [0.4, 0.5) is 4.79 Å². The zero-order chi connectivity index (χ0) is 44.3. The van der Waals surface area contributed by atoms with Crippen molar-refractivity contribution in [3.05, 3.63) is 204 Å².